The van der Waals surface area contributed by atoms with Crippen LogP contribution in [0.2, 0.25) is 0 Å². The van der Waals surface area contributed by atoms with E-state index >= 15 is 0 Å². The molecule has 11 heteroatoms. The molecule has 1 aliphatic heterocycles. The number of hydrogen-bond acceptors (Lipinski definition) is 6. The average molecular weight is 384 g/mol. The lowest BCUT2D eigenvalue weighted by molar-refractivity contribution is -0.137. The van der Waals surface area contributed by atoms with Crippen LogP contribution in [-0.4, -0.2) is 57.2 Å². The predicted octanol–water partition coefficient (Wildman–Crippen LogP) is 1.26. The first kappa shape index (κ1) is 19.1. The third kappa shape index (κ3) is 4.35. The molecule has 1 amide bonds. The van der Waals surface area contributed by atoms with Crippen molar-refractivity contribution < 1.29 is 23.1 Å². The van der Waals surface area contributed by atoms with Crippen LogP contribution in [0.4, 0.5) is 19.0 Å². The minimum absolute atomic E-state index is 0.0920. The number of alkyl halides is 3. The molecular weight excluding hydrogens is 365 g/mol. The smallest absolute Gasteiger partial charge is 0.395 e. The van der Waals surface area contributed by atoms with Crippen LogP contribution in [0.3, 0.4) is 0 Å². The highest BCUT2D eigenvalue weighted by Gasteiger charge is 2.37. The number of halogens is 3. The SMILES string of the molecule is O=C(NCCO)c1cn(C2CCCN(c3ncccc3C(F)(F)F)C2)nn1. The molecule has 27 heavy (non-hydrogen) atoms. The molecule has 1 aliphatic rings. The summed E-state index contributed by atoms with van der Waals surface area (Å²) in [5, 5.41) is 19.0. The largest absolute Gasteiger partial charge is 0.419 e. The molecule has 1 fully saturated rings. The normalized spacial score (nSPS) is 17.8. The quantitative estimate of drug-likeness (QED) is 0.806. The van der Waals surface area contributed by atoms with Crippen LogP contribution in [0.25, 0.3) is 0 Å². The first-order valence-corrected chi connectivity index (χ1v) is 8.48. The molecule has 0 aromatic carbocycles. The lowest BCUT2D eigenvalue weighted by atomic mass is 10.0. The molecule has 2 aromatic rings. The number of piperidine rings is 1. The molecule has 0 spiro atoms. The number of aliphatic hydroxyl groups is 1. The van der Waals surface area contributed by atoms with Gasteiger partial charge in [-0.05, 0) is 25.0 Å². The molecule has 0 radical (unpaired) electrons. The summed E-state index contributed by atoms with van der Waals surface area (Å²) in [5.41, 5.74) is -0.678. The van der Waals surface area contributed by atoms with Crippen molar-refractivity contribution in [2.75, 3.05) is 31.1 Å². The lowest BCUT2D eigenvalue weighted by Gasteiger charge is -2.34. The monoisotopic (exact) mass is 384 g/mol. The number of nitrogens with zero attached hydrogens (tertiary/aromatic N) is 5. The first-order valence-electron chi connectivity index (χ1n) is 8.48. The van der Waals surface area contributed by atoms with Crippen LogP contribution in [0, 0.1) is 0 Å². The van der Waals surface area contributed by atoms with Gasteiger partial charge in [0.05, 0.1) is 24.4 Å². The van der Waals surface area contributed by atoms with Gasteiger partial charge in [0.1, 0.15) is 5.82 Å². The van der Waals surface area contributed by atoms with Gasteiger partial charge >= 0.3 is 6.18 Å². The highest BCUT2D eigenvalue weighted by atomic mass is 19.4. The van der Waals surface area contributed by atoms with Crippen molar-refractivity contribution in [1.29, 1.82) is 0 Å². The van der Waals surface area contributed by atoms with Gasteiger partial charge in [0.2, 0.25) is 0 Å². The van der Waals surface area contributed by atoms with E-state index < -0.39 is 17.6 Å². The molecule has 0 aliphatic carbocycles. The zero-order chi connectivity index (χ0) is 19.4. The molecule has 8 nitrogen and oxygen atoms in total. The van der Waals surface area contributed by atoms with E-state index in [-0.39, 0.29) is 37.3 Å². The Morgan fingerprint density at radius 1 is 1.41 bits per heavy atom. The highest BCUT2D eigenvalue weighted by Crippen LogP contribution is 2.36. The van der Waals surface area contributed by atoms with E-state index in [0.717, 1.165) is 6.07 Å². The number of aromatic nitrogens is 4. The Balaban J connectivity index is 1.76. The maximum Gasteiger partial charge on any atom is 0.419 e. The van der Waals surface area contributed by atoms with Gasteiger partial charge in [-0.25, -0.2) is 9.67 Å². The molecule has 1 saturated heterocycles. The molecule has 1 unspecified atom stereocenters. The number of carbonyl (C=O) groups is 1. The van der Waals surface area contributed by atoms with Crippen molar-refractivity contribution in [2.24, 2.45) is 0 Å². The zero-order valence-corrected chi connectivity index (χ0v) is 14.4. The second-order valence-electron chi connectivity index (χ2n) is 6.18. The number of carbonyl (C=O) groups excluding carboxylic acids is 1. The van der Waals surface area contributed by atoms with E-state index in [1.165, 1.54) is 23.1 Å². The third-order valence-corrected chi connectivity index (χ3v) is 4.30. The molecule has 0 saturated carbocycles. The van der Waals surface area contributed by atoms with E-state index in [1.54, 1.807) is 4.90 Å². The Hall–Kier alpha value is -2.69. The molecule has 2 N–H and O–H groups in total. The van der Waals surface area contributed by atoms with E-state index in [9.17, 15) is 18.0 Å². The minimum Gasteiger partial charge on any atom is -0.395 e. The molecule has 0 bridgehead atoms. The Bertz CT molecular complexity index is 794. The van der Waals surface area contributed by atoms with Crippen molar-refractivity contribution in [3.8, 4) is 0 Å². The second kappa shape index (κ2) is 7.91. The molecular formula is C16H19F3N6O2. The second-order valence-corrected chi connectivity index (χ2v) is 6.18. The van der Waals surface area contributed by atoms with Crippen LogP contribution < -0.4 is 10.2 Å². The number of pyridine rings is 1. The van der Waals surface area contributed by atoms with Gasteiger partial charge in [-0.15, -0.1) is 5.10 Å². The Morgan fingerprint density at radius 3 is 2.96 bits per heavy atom. The molecule has 3 rings (SSSR count). The zero-order valence-electron chi connectivity index (χ0n) is 14.4. The van der Waals surface area contributed by atoms with Crippen LogP contribution in [-0.2, 0) is 6.18 Å². The Labute approximate surface area is 153 Å². The fourth-order valence-corrected chi connectivity index (χ4v) is 3.05. The van der Waals surface area contributed by atoms with E-state index in [0.29, 0.717) is 19.4 Å². The van der Waals surface area contributed by atoms with Gasteiger partial charge in [-0.2, -0.15) is 13.2 Å². The summed E-state index contributed by atoms with van der Waals surface area (Å²) in [6, 6.07) is 2.06. The van der Waals surface area contributed by atoms with Gasteiger partial charge < -0.3 is 15.3 Å². The number of hydrogen-bond donors (Lipinski definition) is 2. The number of anilines is 1. The fraction of sp³-hybridized carbons (Fsp3) is 0.500. The maximum absolute atomic E-state index is 13.3. The number of rotatable bonds is 5. The topological polar surface area (TPSA) is 96.2 Å². The lowest BCUT2D eigenvalue weighted by Crippen LogP contribution is -2.38. The van der Waals surface area contributed by atoms with Gasteiger partial charge in [-0.3, -0.25) is 4.79 Å². The summed E-state index contributed by atoms with van der Waals surface area (Å²) in [4.78, 5) is 17.4. The summed E-state index contributed by atoms with van der Waals surface area (Å²) in [6.07, 6.45) is -0.324. The molecule has 2 aromatic heterocycles. The summed E-state index contributed by atoms with van der Waals surface area (Å²) in [5.74, 6) is -0.567. The van der Waals surface area contributed by atoms with Gasteiger partial charge in [0, 0.05) is 25.8 Å². The van der Waals surface area contributed by atoms with Gasteiger partial charge in [0.25, 0.3) is 5.91 Å². The third-order valence-electron chi connectivity index (χ3n) is 4.30. The summed E-state index contributed by atoms with van der Waals surface area (Å²) in [6.45, 7) is 0.641. The van der Waals surface area contributed by atoms with Gasteiger partial charge in [0.15, 0.2) is 5.69 Å². The van der Waals surface area contributed by atoms with Crippen molar-refractivity contribution >= 4 is 11.7 Å². The Morgan fingerprint density at radius 2 is 2.22 bits per heavy atom. The van der Waals surface area contributed by atoms with Crippen LogP contribution in [0.1, 0.15) is 34.9 Å². The molecule has 146 valence electrons. The molecule has 1 atom stereocenters. The van der Waals surface area contributed by atoms with Crippen molar-refractivity contribution in [2.45, 2.75) is 25.1 Å². The van der Waals surface area contributed by atoms with Crippen LogP contribution in [0.15, 0.2) is 24.5 Å². The van der Waals surface area contributed by atoms with Gasteiger partial charge in [-0.1, -0.05) is 5.21 Å². The highest BCUT2D eigenvalue weighted by molar-refractivity contribution is 5.91. The molecule has 3 heterocycles. The maximum atomic E-state index is 13.3. The standard InChI is InChI=1S/C16H19F3N6O2/c17-16(18,19)12-4-1-5-20-14(12)24-7-2-3-11(9-24)25-10-13(22-23-25)15(27)21-6-8-26/h1,4-5,10-11,26H,2-3,6-9H2,(H,21,27). The summed E-state index contributed by atoms with van der Waals surface area (Å²) < 4.78 is 41.3. The Kier molecular flexibility index (Phi) is 5.59. The number of nitrogens with one attached hydrogen (secondary N) is 1. The number of aliphatic hydroxyl groups excluding tert-OH is 1. The summed E-state index contributed by atoms with van der Waals surface area (Å²) in [7, 11) is 0. The minimum atomic E-state index is -4.48. The summed E-state index contributed by atoms with van der Waals surface area (Å²) >= 11 is 0. The van der Waals surface area contributed by atoms with Crippen molar-refractivity contribution in [1.82, 2.24) is 25.3 Å². The average Bonchev–Trinajstić information content (AvgIpc) is 3.16. The van der Waals surface area contributed by atoms with Crippen molar-refractivity contribution in [3.63, 3.8) is 0 Å². The fourth-order valence-electron chi connectivity index (χ4n) is 3.05. The van der Waals surface area contributed by atoms with Crippen molar-refractivity contribution in [3.05, 3.63) is 35.8 Å². The number of amides is 1. The predicted molar refractivity (Wildman–Crippen MR) is 89.2 cm³/mol. The van der Waals surface area contributed by atoms with Crippen LogP contribution in [0.5, 0.6) is 0 Å². The van der Waals surface area contributed by atoms with E-state index in [4.69, 9.17) is 5.11 Å². The first-order chi connectivity index (χ1) is 12.9. The van der Waals surface area contributed by atoms with E-state index in [1.807, 2.05) is 0 Å². The van der Waals surface area contributed by atoms with E-state index in [2.05, 4.69) is 20.6 Å². The van der Waals surface area contributed by atoms with Crippen LogP contribution >= 0.6 is 0 Å².